The Bertz CT molecular complexity index is 408. The molecular weight excluding hydrogens is 204 g/mol. The maximum Gasteiger partial charge on any atom is 0.274 e. The van der Waals surface area contributed by atoms with Gasteiger partial charge < -0.3 is 0 Å². The molecule has 0 aromatic heterocycles. The van der Waals surface area contributed by atoms with Gasteiger partial charge in [-0.15, -0.1) is 0 Å². The molecule has 1 aromatic carbocycles. The number of benzene rings is 1. The molecule has 1 rings (SSSR count). The Hall–Kier alpha value is -1.86. The zero-order valence-corrected chi connectivity index (χ0v) is 9.36. The Kier molecular flexibility index (Phi) is 4.49. The molecule has 0 bridgehead atoms. The first-order valence-electron chi connectivity index (χ1n) is 5.05. The first kappa shape index (κ1) is 12.2. The van der Waals surface area contributed by atoms with Crippen LogP contribution in [-0.4, -0.2) is 12.5 Å². The number of hydrogen-bond acceptors (Lipinski definition) is 3. The lowest BCUT2D eigenvalue weighted by Crippen LogP contribution is -2.25. The summed E-state index contributed by atoms with van der Waals surface area (Å²) in [5.74, 6) is 0.0171. The van der Waals surface area contributed by atoms with Crippen molar-refractivity contribution in [3.05, 3.63) is 35.4 Å². The quantitative estimate of drug-likeness (QED) is 0.785. The zero-order valence-electron chi connectivity index (χ0n) is 9.36. The molecule has 0 saturated carbocycles. The monoisotopic (exact) mass is 218 g/mol. The normalized spacial score (nSPS) is 9.88. The van der Waals surface area contributed by atoms with Crippen LogP contribution in [0.15, 0.2) is 24.3 Å². The number of nitrogens with one attached hydrogen (secondary N) is 1. The Balaban J connectivity index is 2.56. The van der Waals surface area contributed by atoms with Gasteiger partial charge in [-0.25, -0.2) is 5.48 Å². The van der Waals surface area contributed by atoms with Crippen LogP contribution in [0.1, 0.15) is 29.8 Å². The largest absolute Gasteiger partial charge is 0.274 e. The summed E-state index contributed by atoms with van der Waals surface area (Å²) in [7, 11) is 0. The predicted octanol–water partition coefficient (Wildman–Crippen LogP) is 1.88. The highest BCUT2D eigenvalue weighted by molar-refractivity contribution is 5.93. The minimum Gasteiger partial charge on any atom is -0.273 e. The summed E-state index contributed by atoms with van der Waals surface area (Å²) in [5, 5.41) is 8.68. The van der Waals surface area contributed by atoms with Crippen molar-refractivity contribution in [2.24, 2.45) is 5.92 Å². The van der Waals surface area contributed by atoms with Crippen molar-refractivity contribution in [3.63, 3.8) is 0 Å². The second-order valence-electron chi connectivity index (χ2n) is 3.83. The van der Waals surface area contributed by atoms with E-state index in [1.165, 1.54) is 6.07 Å². The van der Waals surface area contributed by atoms with E-state index in [2.05, 4.69) is 5.48 Å². The molecule has 0 radical (unpaired) electrons. The molecule has 4 heteroatoms. The average Bonchev–Trinajstić information content (AvgIpc) is 2.28. The molecule has 0 aliphatic carbocycles. The molecule has 0 aliphatic rings. The third-order valence-electron chi connectivity index (χ3n) is 1.84. The lowest BCUT2D eigenvalue weighted by molar-refractivity contribution is 0.0208. The molecule has 1 amide bonds. The highest BCUT2D eigenvalue weighted by atomic mass is 16.6. The van der Waals surface area contributed by atoms with Crippen LogP contribution in [0.3, 0.4) is 0 Å². The van der Waals surface area contributed by atoms with E-state index in [0.717, 1.165) is 0 Å². The van der Waals surface area contributed by atoms with Crippen molar-refractivity contribution < 1.29 is 9.63 Å². The third kappa shape index (κ3) is 3.71. The van der Waals surface area contributed by atoms with Gasteiger partial charge in [0, 0.05) is 5.56 Å². The van der Waals surface area contributed by atoms with Crippen LogP contribution >= 0.6 is 0 Å². The molecule has 4 nitrogen and oxygen atoms in total. The lowest BCUT2D eigenvalue weighted by Gasteiger charge is -2.07. The van der Waals surface area contributed by atoms with Crippen LogP contribution < -0.4 is 5.48 Å². The van der Waals surface area contributed by atoms with Gasteiger partial charge in [0.2, 0.25) is 0 Å². The van der Waals surface area contributed by atoms with Crippen molar-refractivity contribution in [1.29, 1.82) is 5.26 Å². The maximum absolute atomic E-state index is 11.5. The summed E-state index contributed by atoms with van der Waals surface area (Å²) in [4.78, 5) is 16.6. The molecule has 84 valence electrons. The number of rotatable bonds is 4. The van der Waals surface area contributed by atoms with Gasteiger partial charge in [-0.05, 0) is 24.1 Å². The lowest BCUT2D eigenvalue weighted by atomic mass is 10.1. The van der Waals surface area contributed by atoms with Crippen LogP contribution in [0.4, 0.5) is 0 Å². The minimum absolute atomic E-state index is 0.335. The van der Waals surface area contributed by atoms with Gasteiger partial charge in [-0.2, -0.15) is 5.26 Å². The molecular formula is C12H14N2O2. The SMILES string of the molecule is CC(C)CONC(=O)c1cccc(C#N)c1. The molecule has 16 heavy (non-hydrogen) atoms. The van der Waals surface area contributed by atoms with E-state index in [9.17, 15) is 4.79 Å². The molecule has 0 fully saturated rings. The van der Waals surface area contributed by atoms with Gasteiger partial charge in [0.15, 0.2) is 0 Å². The van der Waals surface area contributed by atoms with Crippen molar-refractivity contribution in [1.82, 2.24) is 5.48 Å². The first-order valence-corrected chi connectivity index (χ1v) is 5.05. The number of nitrogens with zero attached hydrogens (tertiary/aromatic N) is 1. The van der Waals surface area contributed by atoms with Gasteiger partial charge in [0.1, 0.15) is 0 Å². The molecule has 1 aromatic rings. The predicted molar refractivity (Wildman–Crippen MR) is 59.4 cm³/mol. The molecule has 0 saturated heterocycles. The van der Waals surface area contributed by atoms with Gasteiger partial charge >= 0.3 is 0 Å². The number of carbonyl (C=O) groups excluding carboxylic acids is 1. The fourth-order valence-electron chi connectivity index (χ4n) is 1.06. The fraction of sp³-hybridized carbons (Fsp3) is 0.333. The number of hydroxylamine groups is 1. The summed E-state index contributed by atoms with van der Waals surface area (Å²) in [6.45, 7) is 4.44. The van der Waals surface area contributed by atoms with Crippen molar-refractivity contribution in [2.75, 3.05) is 6.61 Å². The molecule has 0 atom stereocenters. The van der Waals surface area contributed by atoms with Crippen LogP contribution in [0.2, 0.25) is 0 Å². The summed E-state index contributed by atoms with van der Waals surface area (Å²) in [5.41, 5.74) is 3.21. The second-order valence-corrected chi connectivity index (χ2v) is 3.83. The van der Waals surface area contributed by atoms with E-state index < -0.39 is 0 Å². The molecule has 0 aliphatic heterocycles. The van der Waals surface area contributed by atoms with Gasteiger partial charge in [-0.3, -0.25) is 9.63 Å². The maximum atomic E-state index is 11.5. The van der Waals surface area contributed by atoms with E-state index in [-0.39, 0.29) is 5.91 Å². The van der Waals surface area contributed by atoms with Gasteiger partial charge in [0.25, 0.3) is 5.91 Å². The summed E-state index contributed by atoms with van der Waals surface area (Å²) in [6.07, 6.45) is 0. The minimum atomic E-state index is -0.335. The zero-order chi connectivity index (χ0) is 12.0. The van der Waals surface area contributed by atoms with Crippen molar-refractivity contribution in [2.45, 2.75) is 13.8 Å². The second kappa shape index (κ2) is 5.89. The summed E-state index contributed by atoms with van der Waals surface area (Å²) in [6, 6.07) is 8.44. The molecule has 0 unspecified atom stereocenters. The average molecular weight is 218 g/mol. The Labute approximate surface area is 94.8 Å². The fourth-order valence-corrected chi connectivity index (χ4v) is 1.06. The Morgan fingerprint density at radius 3 is 2.94 bits per heavy atom. The van der Waals surface area contributed by atoms with Crippen LogP contribution in [0.5, 0.6) is 0 Å². The van der Waals surface area contributed by atoms with E-state index in [0.29, 0.717) is 23.7 Å². The van der Waals surface area contributed by atoms with Gasteiger partial charge in [0.05, 0.1) is 18.2 Å². The topological polar surface area (TPSA) is 62.1 Å². The van der Waals surface area contributed by atoms with Crippen LogP contribution in [0, 0.1) is 17.2 Å². The van der Waals surface area contributed by atoms with E-state index in [1.807, 2.05) is 19.9 Å². The first-order chi connectivity index (χ1) is 7.63. The highest BCUT2D eigenvalue weighted by Crippen LogP contribution is 2.04. The molecule has 0 spiro atoms. The Morgan fingerprint density at radius 1 is 1.56 bits per heavy atom. The molecule has 0 heterocycles. The van der Waals surface area contributed by atoms with Gasteiger partial charge in [-0.1, -0.05) is 19.9 Å². The molecule has 1 N–H and O–H groups in total. The number of carbonyl (C=O) groups is 1. The van der Waals surface area contributed by atoms with Crippen LogP contribution in [0.25, 0.3) is 0 Å². The number of amides is 1. The smallest absolute Gasteiger partial charge is 0.273 e. The van der Waals surface area contributed by atoms with Crippen molar-refractivity contribution in [3.8, 4) is 6.07 Å². The van der Waals surface area contributed by atoms with E-state index >= 15 is 0 Å². The van der Waals surface area contributed by atoms with E-state index in [4.69, 9.17) is 10.1 Å². The van der Waals surface area contributed by atoms with E-state index in [1.54, 1.807) is 18.2 Å². The summed E-state index contributed by atoms with van der Waals surface area (Å²) < 4.78 is 0. The number of hydrogen-bond donors (Lipinski definition) is 1. The van der Waals surface area contributed by atoms with Crippen LogP contribution in [-0.2, 0) is 4.84 Å². The summed E-state index contributed by atoms with van der Waals surface area (Å²) >= 11 is 0. The third-order valence-corrected chi connectivity index (χ3v) is 1.84. The Morgan fingerprint density at radius 2 is 2.31 bits per heavy atom. The highest BCUT2D eigenvalue weighted by Gasteiger charge is 2.06. The van der Waals surface area contributed by atoms with Crippen molar-refractivity contribution >= 4 is 5.91 Å². The standard InChI is InChI=1S/C12H14N2O2/c1-9(2)8-16-14-12(15)11-5-3-4-10(6-11)7-13/h3-6,9H,8H2,1-2H3,(H,14,15). The number of nitriles is 1.